The van der Waals surface area contributed by atoms with Gasteiger partial charge in [0.2, 0.25) is 10.0 Å². The van der Waals surface area contributed by atoms with Crippen molar-refractivity contribution in [2.45, 2.75) is 37.6 Å². The fraction of sp³-hybridized carbons (Fsp3) is 0.636. The average molecular weight is 311 g/mol. The van der Waals surface area contributed by atoms with E-state index < -0.39 is 10.0 Å². The highest BCUT2D eigenvalue weighted by atomic mass is 35.5. The van der Waals surface area contributed by atoms with E-state index in [1.165, 1.54) is 11.3 Å². The molecule has 18 heavy (non-hydrogen) atoms. The minimum absolute atomic E-state index is 0. The third-order valence-corrected chi connectivity index (χ3v) is 6.35. The molecule has 1 aromatic heterocycles. The summed E-state index contributed by atoms with van der Waals surface area (Å²) in [5, 5.41) is 0. The van der Waals surface area contributed by atoms with Crippen LogP contribution in [0.25, 0.3) is 0 Å². The molecule has 1 aromatic rings. The number of thiophene rings is 1. The van der Waals surface area contributed by atoms with Gasteiger partial charge in [-0.15, -0.1) is 23.7 Å². The van der Waals surface area contributed by atoms with Crippen molar-refractivity contribution in [2.24, 2.45) is 5.73 Å². The molecule has 0 aliphatic carbocycles. The largest absolute Gasteiger partial charge is 0.329 e. The topological polar surface area (TPSA) is 63.4 Å². The normalized spacial score (nSPS) is 20.9. The van der Waals surface area contributed by atoms with E-state index in [1.807, 2.05) is 13.8 Å². The van der Waals surface area contributed by atoms with E-state index in [0.29, 0.717) is 18.0 Å². The first kappa shape index (κ1) is 15.9. The molecule has 1 saturated heterocycles. The molecule has 0 spiro atoms. The summed E-state index contributed by atoms with van der Waals surface area (Å²) in [5.41, 5.74) is 5.64. The number of hydrogen-bond donors (Lipinski definition) is 1. The van der Waals surface area contributed by atoms with Crippen molar-refractivity contribution in [1.29, 1.82) is 0 Å². The summed E-state index contributed by atoms with van der Waals surface area (Å²) < 4.78 is 26.6. The lowest BCUT2D eigenvalue weighted by molar-refractivity contribution is 0.393. The molecule has 104 valence electrons. The Balaban J connectivity index is 0.00000162. The maximum Gasteiger partial charge on any atom is 0.244 e. The summed E-state index contributed by atoms with van der Waals surface area (Å²) >= 11 is 1.53. The Bertz CT molecular complexity index is 513. The zero-order chi connectivity index (χ0) is 12.6. The molecule has 1 fully saturated rings. The maximum absolute atomic E-state index is 12.5. The minimum Gasteiger partial charge on any atom is -0.329 e. The molecule has 2 rings (SSSR count). The van der Waals surface area contributed by atoms with E-state index in [1.54, 1.807) is 10.4 Å². The van der Waals surface area contributed by atoms with Crippen LogP contribution in [-0.2, 0) is 10.0 Å². The lowest BCUT2D eigenvalue weighted by atomic mass is 10.2. The van der Waals surface area contributed by atoms with Gasteiger partial charge in [0, 0.05) is 28.9 Å². The smallest absolute Gasteiger partial charge is 0.244 e. The van der Waals surface area contributed by atoms with Gasteiger partial charge in [0.1, 0.15) is 0 Å². The highest BCUT2D eigenvalue weighted by molar-refractivity contribution is 7.89. The number of rotatable bonds is 3. The fourth-order valence-electron chi connectivity index (χ4n) is 2.35. The van der Waals surface area contributed by atoms with Crippen LogP contribution < -0.4 is 5.73 Å². The highest BCUT2D eigenvalue weighted by Gasteiger charge is 2.35. The van der Waals surface area contributed by atoms with Gasteiger partial charge in [-0.1, -0.05) is 0 Å². The zero-order valence-corrected chi connectivity index (χ0v) is 13.0. The van der Waals surface area contributed by atoms with Crippen molar-refractivity contribution in [3.05, 3.63) is 15.8 Å². The number of aryl methyl sites for hydroxylation is 2. The second-order valence-electron chi connectivity index (χ2n) is 4.42. The molecule has 0 amide bonds. The van der Waals surface area contributed by atoms with Crippen LogP contribution in [0.4, 0.5) is 0 Å². The lowest BCUT2D eigenvalue weighted by Crippen LogP contribution is -2.39. The number of nitrogens with two attached hydrogens (primary N) is 1. The van der Waals surface area contributed by atoms with Gasteiger partial charge in [-0.2, -0.15) is 4.31 Å². The van der Waals surface area contributed by atoms with Gasteiger partial charge in [-0.3, -0.25) is 0 Å². The number of halogens is 1. The molecule has 0 saturated carbocycles. The van der Waals surface area contributed by atoms with E-state index in [9.17, 15) is 8.42 Å². The standard InChI is InChI=1S/C11H18N2O2S2.ClH/c1-8-6-11(9(2)16-8)17(14,15)13-5-3-4-10(13)7-12;/h6,10H,3-5,7,12H2,1-2H3;1H. The third kappa shape index (κ3) is 2.72. The molecule has 4 nitrogen and oxygen atoms in total. The summed E-state index contributed by atoms with van der Waals surface area (Å²) in [4.78, 5) is 2.36. The molecule has 0 bridgehead atoms. The molecule has 1 unspecified atom stereocenters. The summed E-state index contributed by atoms with van der Waals surface area (Å²) in [6, 6.07) is 1.74. The Kier molecular flexibility index (Phi) is 5.20. The van der Waals surface area contributed by atoms with E-state index >= 15 is 0 Å². The van der Waals surface area contributed by atoms with Gasteiger partial charge in [0.05, 0.1) is 4.90 Å². The molecule has 0 radical (unpaired) electrons. The van der Waals surface area contributed by atoms with Crippen molar-refractivity contribution in [1.82, 2.24) is 4.31 Å². The quantitative estimate of drug-likeness (QED) is 0.927. The molecule has 7 heteroatoms. The molecule has 2 N–H and O–H groups in total. The molecular weight excluding hydrogens is 292 g/mol. The Morgan fingerprint density at radius 3 is 2.67 bits per heavy atom. The Morgan fingerprint density at radius 2 is 2.17 bits per heavy atom. The molecule has 0 aromatic carbocycles. The van der Waals surface area contributed by atoms with Crippen molar-refractivity contribution >= 4 is 33.8 Å². The van der Waals surface area contributed by atoms with Crippen LogP contribution in [0.2, 0.25) is 0 Å². The van der Waals surface area contributed by atoms with Crippen LogP contribution >= 0.6 is 23.7 Å². The van der Waals surface area contributed by atoms with E-state index in [2.05, 4.69) is 0 Å². The average Bonchev–Trinajstić information content (AvgIpc) is 2.84. The monoisotopic (exact) mass is 310 g/mol. The molecule has 1 atom stereocenters. The van der Waals surface area contributed by atoms with Crippen LogP contribution in [0.15, 0.2) is 11.0 Å². The minimum atomic E-state index is -3.35. The van der Waals surface area contributed by atoms with Crippen LogP contribution in [0, 0.1) is 13.8 Å². The van der Waals surface area contributed by atoms with Crippen molar-refractivity contribution in [3.63, 3.8) is 0 Å². The Hall–Kier alpha value is -0.140. The third-order valence-electron chi connectivity index (χ3n) is 3.18. The van der Waals surface area contributed by atoms with Crippen molar-refractivity contribution in [3.8, 4) is 0 Å². The van der Waals surface area contributed by atoms with E-state index in [-0.39, 0.29) is 18.4 Å². The van der Waals surface area contributed by atoms with Crippen molar-refractivity contribution < 1.29 is 8.42 Å². The Labute approximate surface area is 119 Å². The zero-order valence-electron chi connectivity index (χ0n) is 10.5. The maximum atomic E-state index is 12.5. The summed E-state index contributed by atoms with van der Waals surface area (Å²) in [6.07, 6.45) is 1.78. The van der Waals surface area contributed by atoms with Gasteiger partial charge in [-0.25, -0.2) is 8.42 Å². The number of hydrogen-bond acceptors (Lipinski definition) is 4. The van der Waals surface area contributed by atoms with Crippen LogP contribution in [0.3, 0.4) is 0 Å². The fourth-order valence-corrected chi connectivity index (χ4v) is 5.58. The second kappa shape index (κ2) is 5.88. The summed E-state index contributed by atoms with van der Waals surface area (Å²) in [5.74, 6) is 0. The van der Waals surface area contributed by atoms with Crippen LogP contribution in [0.5, 0.6) is 0 Å². The van der Waals surface area contributed by atoms with Gasteiger partial charge < -0.3 is 5.73 Å². The van der Waals surface area contributed by atoms with Gasteiger partial charge in [0.15, 0.2) is 0 Å². The van der Waals surface area contributed by atoms with E-state index in [4.69, 9.17) is 5.73 Å². The number of sulfonamides is 1. The second-order valence-corrected chi connectivity index (χ2v) is 7.74. The SMILES string of the molecule is Cc1cc(S(=O)(=O)N2CCCC2CN)c(C)s1.Cl. The molecule has 1 aliphatic rings. The first-order valence-electron chi connectivity index (χ1n) is 5.75. The van der Waals surface area contributed by atoms with Gasteiger partial charge >= 0.3 is 0 Å². The van der Waals surface area contributed by atoms with Gasteiger partial charge in [-0.05, 0) is 32.8 Å². The predicted octanol–water partition coefficient (Wildman–Crippen LogP) is 1.90. The van der Waals surface area contributed by atoms with Gasteiger partial charge in [0.25, 0.3) is 0 Å². The van der Waals surface area contributed by atoms with Crippen LogP contribution in [-0.4, -0.2) is 31.9 Å². The lowest BCUT2D eigenvalue weighted by Gasteiger charge is -2.22. The molecule has 2 heterocycles. The number of nitrogens with zero attached hydrogens (tertiary/aromatic N) is 1. The summed E-state index contributed by atoms with van der Waals surface area (Å²) in [6.45, 7) is 4.79. The highest BCUT2D eigenvalue weighted by Crippen LogP contribution is 2.31. The first-order chi connectivity index (χ1) is 7.96. The van der Waals surface area contributed by atoms with Crippen molar-refractivity contribution in [2.75, 3.05) is 13.1 Å². The summed E-state index contributed by atoms with van der Waals surface area (Å²) in [7, 11) is -3.35. The first-order valence-corrected chi connectivity index (χ1v) is 8.01. The Morgan fingerprint density at radius 1 is 1.50 bits per heavy atom. The molecule has 1 aliphatic heterocycles. The van der Waals surface area contributed by atoms with Crippen LogP contribution in [0.1, 0.15) is 22.6 Å². The van der Waals surface area contributed by atoms with E-state index in [0.717, 1.165) is 22.6 Å². The predicted molar refractivity (Wildman–Crippen MR) is 77.0 cm³/mol. The molecular formula is C11H19ClN2O2S2.